The van der Waals surface area contributed by atoms with Crippen LogP contribution in [-0.2, 0) is 9.53 Å². The predicted octanol–water partition coefficient (Wildman–Crippen LogP) is 1.34. The lowest BCUT2D eigenvalue weighted by Gasteiger charge is -2.30. The zero-order valence-corrected chi connectivity index (χ0v) is 11.9. The zero-order chi connectivity index (χ0) is 15.4. The topological polar surface area (TPSA) is 87.1 Å². The fourth-order valence-electron chi connectivity index (χ4n) is 2.55. The second kappa shape index (κ2) is 6.58. The van der Waals surface area contributed by atoms with Crippen molar-refractivity contribution >= 4 is 11.9 Å². The Morgan fingerprint density at radius 2 is 2.14 bits per heavy atom. The highest BCUT2D eigenvalue weighted by atomic mass is 16.5. The van der Waals surface area contributed by atoms with Crippen LogP contribution in [0.25, 0.3) is 0 Å². The summed E-state index contributed by atoms with van der Waals surface area (Å²) < 4.78 is 5.24. The van der Waals surface area contributed by atoms with E-state index in [1.165, 1.54) is 12.1 Å². The van der Waals surface area contributed by atoms with E-state index < -0.39 is 17.9 Å². The number of carbonyl (C=O) groups excluding carboxylic acids is 1. The highest BCUT2D eigenvalue weighted by molar-refractivity contribution is 5.95. The van der Waals surface area contributed by atoms with Gasteiger partial charge >= 0.3 is 5.97 Å². The van der Waals surface area contributed by atoms with Crippen molar-refractivity contribution in [1.29, 1.82) is 0 Å². The van der Waals surface area contributed by atoms with Crippen molar-refractivity contribution in [3.8, 4) is 5.75 Å². The number of phenolic OH excluding ortho intramolecular Hbond substituents is 1. The van der Waals surface area contributed by atoms with Gasteiger partial charge in [0.1, 0.15) is 11.7 Å². The van der Waals surface area contributed by atoms with Crippen LogP contribution in [0.3, 0.4) is 0 Å². The molecule has 2 unspecified atom stereocenters. The SMILES string of the molecule is CCCN(C(=O)c1cccc(O)c1)C1COCC1C(=O)O. The van der Waals surface area contributed by atoms with E-state index in [1.807, 2.05) is 6.92 Å². The van der Waals surface area contributed by atoms with Crippen LogP contribution in [-0.4, -0.2) is 52.8 Å². The Balaban J connectivity index is 2.26. The van der Waals surface area contributed by atoms with Gasteiger partial charge in [-0.25, -0.2) is 0 Å². The van der Waals surface area contributed by atoms with E-state index in [2.05, 4.69) is 0 Å². The summed E-state index contributed by atoms with van der Waals surface area (Å²) in [4.78, 5) is 25.4. The molecule has 0 radical (unpaired) electrons. The second-order valence-electron chi connectivity index (χ2n) is 5.10. The highest BCUT2D eigenvalue weighted by Crippen LogP contribution is 2.23. The summed E-state index contributed by atoms with van der Waals surface area (Å²) >= 11 is 0. The number of aliphatic carboxylic acids is 1. The normalized spacial score (nSPS) is 21.2. The van der Waals surface area contributed by atoms with Crippen molar-refractivity contribution < 1.29 is 24.5 Å². The molecule has 1 fully saturated rings. The lowest BCUT2D eigenvalue weighted by atomic mass is 10.0. The molecule has 1 saturated heterocycles. The molecule has 0 bridgehead atoms. The first kappa shape index (κ1) is 15.3. The fourth-order valence-corrected chi connectivity index (χ4v) is 2.55. The fraction of sp³-hybridized carbons (Fsp3) is 0.467. The van der Waals surface area contributed by atoms with Crippen LogP contribution in [0.15, 0.2) is 24.3 Å². The maximum absolute atomic E-state index is 12.6. The molecule has 0 aromatic heterocycles. The second-order valence-corrected chi connectivity index (χ2v) is 5.10. The Kier molecular flexibility index (Phi) is 4.80. The van der Waals surface area contributed by atoms with E-state index in [1.54, 1.807) is 17.0 Å². The van der Waals surface area contributed by atoms with Crippen molar-refractivity contribution in [3.63, 3.8) is 0 Å². The largest absolute Gasteiger partial charge is 0.508 e. The molecule has 21 heavy (non-hydrogen) atoms. The van der Waals surface area contributed by atoms with Crippen molar-refractivity contribution in [2.45, 2.75) is 19.4 Å². The zero-order valence-electron chi connectivity index (χ0n) is 11.9. The van der Waals surface area contributed by atoms with E-state index in [4.69, 9.17) is 4.74 Å². The highest BCUT2D eigenvalue weighted by Gasteiger charge is 2.39. The van der Waals surface area contributed by atoms with E-state index in [0.717, 1.165) is 0 Å². The lowest BCUT2D eigenvalue weighted by Crippen LogP contribution is -2.47. The van der Waals surface area contributed by atoms with Crippen LogP contribution >= 0.6 is 0 Å². The molecular weight excluding hydrogens is 274 g/mol. The molecule has 1 amide bonds. The minimum absolute atomic E-state index is 0.00903. The molecule has 6 nitrogen and oxygen atoms in total. The third-order valence-corrected chi connectivity index (χ3v) is 3.59. The van der Waals surface area contributed by atoms with Gasteiger partial charge in [-0.05, 0) is 24.6 Å². The van der Waals surface area contributed by atoms with E-state index >= 15 is 0 Å². The third kappa shape index (κ3) is 3.33. The van der Waals surface area contributed by atoms with Crippen molar-refractivity contribution in [3.05, 3.63) is 29.8 Å². The standard InChI is InChI=1S/C15H19NO5/c1-2-6-16(13-9-21-8-12(13)15(19)20)14(18)10-4-3-5-11(17)7-10/h3-5,7,12-13,17H,2,6,8-9H2,1H3,(H,19,20). The van der Waals surface area contributed by atoms with Crippen molar-refractivity contribution in [1.82, 2.24) is 4.90 Å². The summed E-state index contributed by atoms with van der Waals surface area (Å²) in [6.45, 7) is 2.72. The summed E-state index contributed by atoms with van der Waals surface area (Å²) in [5.74, 6) is -1.94. The van der Waals surface area contributed by atoms with Crippen LogP contribution in [0.4, 0.5) is 0 Å². The molecule has 0 aliphatic carbocycles. The predicted molar refractivity (Wildman–Crippen MR) is 75.2 cm³/mol. The quantitative estimate of drug-likeness (QED) is 0.855. The Hall–Kier alpha value is -2.08. The van der Waals surface area contributed by atoms with Crippen molar-refractivity contribution in [2.75, 3.05) is 19.8 Å². The molecule has 6 heteroatoms. The number of carboxylic acids is 1. The van der Waals surface area contributed by atoms with Crippen molar-refractivity contribution in [2.24, 2.45) is 5.92 Å². The number of amides is 1. The molecule has 1 aromatic rings. The van der Waals surface area contributed by atoms with Gasteiger partial charge in [-0.1, -0.05) is 13.0 Å². The number of carbonyl (C=O) groups is 2. The van der Waals surface area contributed by atoms with Gasteiger partial charge in [-0.15, -0.1) is 0 Å². The minimum Gasteiger partial charge on any atom is -0.508 e. The number of phenols is 1. The van der Waals surface area contributed by atoms with Crippen LogP contribution in [0.2, 0.25) is 0 Å². The third-order valence-electron chi connectivity index (χ3n) is 3.59. The van der Waals surface area contributed by atoms with Gasteiger partial charge < -0.3 is 19.8 Å². The van der Waals surface area contributed by atoms with Gasteiger partial charge in [0.25, 0.3) is 5.91 Å². The number of nitrogens with zero attached hydrogens (tertiary/aromatic N) is 1. The van der Waals surface area contributed by atoms with Gasteiger partial charge in [0.2, 0.25) is 0 Å². The molecule has 114 valence electrons. The van der Waals surface area contributed by atoms with Crippen LogP contribution in [0.1, 0.15) is 23.7 Å². The first-order valence-corrected chi connectivity index (χ1v) is 6.95. The number of carboxylic acid groups (broad SMARTS) is 1. The smallest absolute Gasteiger partial charge is 0.311 e. The van der Waals surface area contributed by atoms with Crippen LogP contribution in [0.5, 0.6) is 5.75 Å². The first-order valence-electron chi connectivity index (χ1n) is 6.95. The van der Waals surface area contributed by atoms with Gasteiger partial charge in [0.15, 0.2) is 0 Å². The maximum Gasteiger partial charge on any atom is 0.311 e. The molecular formula is C15H19NO5. The van der Waals surface area contributed by atoms with E-state index in [9.17, 15) is 19.8 Å². The molecule has 1 heterocycles. The molecule has 0 saturated carbocycles. The Morgan fingerprint density at radius 3 is 2.76 bits per heavy atom. The number of hydrogen-bond acceptors (Lipinski definition) is 4. The number of benzene rings is 1. The van der Waals surface area contributed by atoms with E-state index in [0.29, 0.717) is 18.5 Å². The number of rotatable bonds is 5. The first-order chi connectivity index (χ1) is 10.0. The Labute approximate surface area is 122 Å². The summed E-state index contributed by atoms with van der Waals surface area (Å²) in [5.41, 5.74) is 0.347. The van der Waals surface area contributed by atoms with Crippen LogP contribution < -0.4 is 0 Å². The summed E-state index contributed by atoms with van der Waals surface area (Å²) in [5, 5.41) is 18.7. The van der Waals surface area contributed by atoms with Gasteiger partial charge in [-0.2, -0.15) is 0 Å². The summed E-state index contributed by atoms with van der Waals surface area (Å²) in [6, 6.07) is 5.59. The van der Waals surface area contributed by atoms with Gasteiger partial charge in [0, 0.05) is 12.1 Å². The number of hydrogen-bond donors (Lipinski definition) is 2. The summed E-state index contributed by atoms with van der Waals surface area (Å²) in [6.07, 6.45) is 0.716. The Bertz CT molecular complexity index is 531. The van der Waals surface area contributed by atoms with Gasteiger partial charge in [0.05, 0.1) is 19.3 Å². The van der Waals surface area contributed by atoms with Crippen LogP contribution in [0, 0.1) is 5.92 Å². The molecule has 2 N–H and O–H groups in total. The average molecular weight is 293 g/mol. The Morgan fingerprint density at radius 1 is 1.38 bits per heavy atom. The monoisotopic (exact) mass is 293 g/mol. The molecule has 2 rings (SSSR count). The number of aromatic hydroxyl groups is 1. The average Bonchev–Trinajstić information content (AvgIpc) is 2.93. The minimum atomic E-state index is -0.956. The lowest BCUT2D eigenvalue weighted by molar-refractivity contribution is -0.142. The van der Waals surface area contributed by atoms with E-state index in [-0.39, 0.29) is 24.9 Å². The molecule has 1 aliphatic heterocycles. The molecule has 1 aromatic carbocycles. The number of ether oxygens (including phenoxy) is 1. The summed E-state index contributed by atoms with van der Waals surface area (Å²) in [7, 11) is 0. The molecule has 1 aliphatic rings. The molecule has 2 atom stereocenters. The maximum atomic E-state index is 12.6. The molecule has 0 spiro atoms. The van der Waals surface area contributed by atoms with Gasteiger partial charge in [-0.3, -0.25) is 9.59 Å².